The van der Waals surface area contributed by atoms with Crippen LogP contribution < -0.4 is 0 Å². The van der Waals surface area contributed by atoms with E-state index < -0.39 is 0 Å². The van der Waals surface area contributed by atoms with Crippen LogP contribution in [0.4, 0.5) is 0 Å². The van der Waals surface area contributed by atoms with Gasteiger partial charge in [-0.05, 0) is 25.8 Å². The van der Waals surface area contributed by atoms with E-state index in [0.717, 1.165) is 24.1 Å². The molecule has 1 unspecified atom stereocenters. The lowest BCUT2D eigenvalue weighted by Gasteiger charge is -2.21. The summed E-state index contributed by atoms with van der Waals surface area (Å²) in [5.41, 5.74) is 1.55. The van der Waals surface area contributed by atoms with Crippen molar-refractivity contribution in [1.29, 1.82) is 0 Å². The van der Waals surface area contributed by atoms with E-state index in [4.69, 9.17) is 11.6 Å². The molecule has 0 spiro atoms. The number of hydrogen-bond donors (Lipinski definition) is 1. The summed E-state index contributed by atoms with van der Waals surface area (Å²) in [6.45, 7) is 2.57. The minimum absolute atomic E-state index is 0.0201. The van der Waals surface area contributed by atoms with Crippen molar-refractivity contribution in [3.05, 3.63) is 22.5 Å². The van der Waals surface area contributed by atoms with Crippen LogP contribution in [0.25, 0.3) is 6.08 Å². The monoisotopic (exact) mass is 283 g/mol. The molecule has 5 nitrogen and oxygen atoms in total. The van der Waals surface area contributed by atoms with Crippen LogP contribution in [-0.4, -0.2) is 44.9 Å². The van der Waals surface area contributed by atoms with E-state index in [9.17, 15) is 9.90 Å². The highest BCUT2D eigenvalue weighted by Crippen LogP contribution is 2.21. The van der Waals surface area contributed by atoms with E-state index in [2.05, 4.69) is 5.10 Å². The third kappa shape index (κ3) is 2.82. The number of hydrogen-bond acceptors (Lipinski definition) is 3. The van der Waals surface area contributed by atoms with E-state index in [1.807, 2.05) is 6.92 Å². The quantitative estimate of drug-likeness (QED) is 0.853. The average molecular weight is 284 g/mol. The van der Waals surface area contributed by atoms with Crippen LogP contribution >= 0.6 is 11.6 Å². The summed E-state index contributed by atoms with van der Waals surface area (Å²) in [4.78, 5) is 13.8. The van der Waals surface area contributed by atoms with Gasteiger partial charge in [0.1, 0.15) is 5.15 Å². The molecule has 0 saturated carbocycles. The second-order valence-electron chi connectivity index (χ2n) is 4.76. The van der Waals surface area contributed by atoms with Gasteiger partial charge in [-0.25, -0.2) is 0 Å². The number of aryl methyl sites for hydroxylation is 2. The third-order valence-electron chi connectivity index (χ3n) is 3.46. The highest BCUT2D eigenvalue weighted by Gasteiger charge is 2.26. The first kappa shape index (κ1) is 14.1. The molecule has 0 aliphatic carbocycles. The van der Waals surface area contributed by atoms with E-state index in [1.165, 1.54) is 6.08 Å². The number of nitrogens with zero attached hydrogens (tertiary/aromatic N) is 3. The Kier molecular flexibility index (Phi) is 4.27. The lowest BCUT2D eigenvalue weighted by molar-refractivity contribution is -0.127. The van der Waals surface area contributed by atoms with Crippen molar-refractivity contribution in [2.75, 3.05) is 13.2 Å². The van der Waals surface area contributed by atoms with Crippen molar-refractivity contribution in [1.82, 2.24) is 14.7 Å². The van der Waals surface area contributed by atoms with Crippen LogP contribution in [0, 0.1) is 6.92 Å². The summed E-state index contributed by atoms with van der Waals surface area (Å²) in [7, 11) is 1.76. The maximum atomic E-state index is 12.1. The van der Waals surface area contributed by atoms with Gasteiger partial charge in [-0.3, -0.25) is 9.48 Å². The van der Waals surface area contributed by atoms with Crippen molar-refractivity contribution < 1.29 is 9.90 Å². The Morgan fingerprint density at radius 1 is 1.63 bits per heavy atom. The number of aromatic nitrogens is 2. The van der Waals surface area contributed by atoms with Crippen LogP contribution in [0.3, 0.4) is 0 Å². The molecule has 2 heterocycles. The van der Waals surface area contributed by atoms with E-state index in [-0.39, 0.29) is 18.6 Å². The number of aliphatic hydroxyl groups excluding tert-OH is 1. The zero-order valence-electron chi connectivity index (χ0n) is 11.1. The van der Waals surface area contributed by atoms with Gasteiger partial charge in [-0.2, -0.15) is 5.10 Å². The Morgan fingerprint density at radius 3 is 2.95 bits per heavy atom. The SMILES string of the molecule is Cc1nn(C)c(Cl)c1/C=C/C(=O)N1CCCC1CO. The first-order valence-corrected chi connectivity index (χ1v) is 6.71. The molecule has 19 heavy (non-hydrogen) atoms. The molecular formula is C13H18ClN3O2. The molecule has 1 aromatic rings. The van der Waals surface area contributed by atoms with Crippen molar-refractivity contribution in [3.63, 3.8) is 0 Å². The zero-order chi connectivity index (χ0) is 14.0. The van der Waals surface area contributed by atoms with Gasteiger partial charge in [-0.15, -0.1) is 0 Å². The van der Waals surface area contributed by atoms with Crippen molar-refractivity contribution >= 4 is 23.6 Å². The van der Waals surface area contributed by atoms with Gasteiger partial charge in [0.05, 0.1) is 18.3 Å². The van der Waals surface area contributed by atoms with Gasteiger partial charge in [-0.1, -0.05) is 11.6 Å². The van der Waals surface area contributed by atoms with Crippen molar-refractivity contribution in [2.24, 2.45) is 7.05 Å². The normalized spacial score (nSPS) is 19.6. The summed E-state index contributed by atoms with van der Waals surface area (Å²) in [6.07, 6.45) is 5.00. The molecule has 1 amide bonds. The number of halogens is 1. The predicted molar refractivity (Wildman–Crippen MR) is 73.8 cm³/mol. The number of aliphatic hydroxyl groups is 1. The minimum atomic E-state index is -0.0872. The highest BCUT2D eigenvalue weighted by atomic mass is 35.5. The average Bonchev–Trinajstić information content (AvgIpc) is 2.94. The molecule has 2 rings (SSSR count). The predicted octanol–water partition coefficient (Wildman–Crippen LogP) is 1.38. The minimum Gasteiger partial charge on any atom is -0.394 e. The number of amides is 1. The van der Waals surface area contributed by atoms with Crippen molar-refractivity contribution in [3.8, 4) is 0 Å². The summed E-state index contributed by atoms with van der Waals surface area (Å²) in [5.74, 6) is -0.0872. The summed E-state index contributed by atoms with van der Waals surface area (Å²) in [6, 6.07) is -0.0531. The molecule has 1 saturated heterocycles. The van der Waals surface area contributed by atoms with Gasteiger partial charge >= 0.3 is 0 Å². The molecule has 104 valence electrons. The van der Waals surface area contributed by atoms with Crippen LogP contribution in [0.5, 0.6) is 0 Å². The molecule has 0 aromatic carbocycles. The van der Waals surface area contributed by atoms with E-state index in [0.29, 0.717) is 11.7 Å². The molecule has 1 N–H and O–H groups in total. The first-order valence-electron chi connectivity index (χ1n) is 6.33. The summed E-state index contributed by atoms with van der Waals surface area (Å²) < 4.78 is 1.58. The van der Waals surface area contributed by atoms with E-state index >= 15 is 0 Å². The molecule has 0 bridgehead atoms. The number of rotatable bonds is 3. The van der Waals surface area contributed by atoms with Crippen LogP contribution in [0.2, 0.25) is 5.15 Å². The maximum absolute atomic E-state index is 12.1. The molecule has 1 aliphatic rings. The Labute approximate surface area is 117 Å². The fourth-order valence-corrected chi connectivity index (χ4v) is 2.64. The van der Waals surface area contributed by atoms with Gasteiger partial charge in [0, 0.05) is 25.2 Å². The number of carbonyl (C=O) groups excluding carboxylic acids is 1. The second kappa shape index (κ2) is 5.75. The fraction of sp³-hybridized carbons (Fsp3) is 0.538. The third-order valence-corrected chi connectivity index (χ3v) is 3.91. The molecule has 1 atom stereocenters. The highest BCUT2D eigenvalue weighted by molar-refractivity contribution is 6.31. The van der Waals surface area contributed by atoms with Crippen molar-refractivity contribution in [2.45, 2.75) is 25.8 Å². The largest absolute Gasteiger partial charge is 0.394 e. The Hall–Kier alpha value is -1.33. The van der Waals surface area contributed by atoms with Gasteiger partial charge < -0.3 is 10.0 Å². The van der Waals surface area contributed by atoms with Crippen LogP contribution in [-0.2, 0) is 11.8 Å². The standard InChI is InChI=1S/C13H18ClN3O2/c1-9-11(13(14)16(2)15-9)5-6-12(19)17-7-3-4-10(17)8-18/h5-6,10,18H,3-4,7-8H2,1-2H3/b6-5+. The molecule has 1 aliphatic heterocycles. The van der Waals surface area contributed by atoms with Gasteiger partial charge in [0.25, 0.3) is 0 Å². The van der Waals surface area contributed by atoms with Crippen LogP contribution in [0.15, 0.2) is 6.08 Å². The Morgan fingerprint density at radius 2 is 2.37 bits per heavy atom. The number of likely N-dealkylation sites (tertiary alicyclic amines) is 1. The van der Waals surface area contributed by atoms with Gasteiger partial charge in [0.15, 0.2) is 0 Å². The topological polar surface area (TPSA) is 58.4 Å². The first-order chi connectivity index (χ1) is 9.04. The molecule has 0 radical (unpaired) electrons. The van der Waals surface area contributed by atoms with Gasteiger partial charge in [0.2, 0.25) is 5.91 Å². The maximum Gasteiger partial charge on any atom is 0.246 e. The second-order valence-corrected chi connectivity index (χ2v) is 5.12. The molecule has 6 heteroatoms. The fourth-order valence-electron chi connectivity index (χ4n) is 2.40. The lowest BCUT2D eigenvalue weighted by Crippen LogP contribution is -2.36. The zero-order valence-corrected chi connectivity index (χ0v) is 11.9. The number of carbonyl (C=O) groups is 1. The Balaban J connectivity index is 2.12. The lowest BCUT2D eigenvalue weighted by atomic mass is 10.2. The van der Waals surface area contributed by atoms with Crippen LogP contribution in [0.1, 0.15) is 24.1 Å². The molecule has 1 fully saturated rings. The smallest absolute Gasteiger partial charge is 0.246 e. The Bertz CT molecular complexity index is 510. The summed E-state index contributed by atoms with van der Waals surface area (Å²) >= 11 is 6.10. The molecule has 1 aromatic heterocycles. The van der Waals surface area contributed by atoms with E-state index in [1.54, 1.807) is 22.7 Å². The molecular weight excluding hydrogens is 266 g/mol. The summed E-state index contributed by atoms with van der Waals surface area (Å²) in [5, 5.41) is 13.9.